The first kappa shape index (κ1) is 25.1. The van der Waals surface area contributed by atoms with Gasteiger partial charge in [-0.2, -0.15) is 0 Å². The van der Waals surface area contributed by atoms with E-state index in [1.54, 1.807) is 5.06 Å². The van der Waals surface area contributed by atoms with Gasteiger partial charge in [0.05, 0.1) is 6.10 Å². The maximum Gasteiger partial charge on any atom is 0.325 e. The highest BCUT2D eigenvalue weighted by molar-refractivity contribution is 5.68. The number of hydrogen-bond donors (Lipinski definition) is 1. The van der Waals surface area contributed by atoms with Crippen molar-refractivity contribution in [2.24, 2.45) is 0 Å². The summed E-state index contributed by atoms with van der Waals surface area (Å²) in [6.45, 7) is 7.66. The fraction of sp³-hybridized carbons (Fsp3) is 0.864. The largest absolute Gasteiger partial charge is 0.393 e. The second-order valence-electron chi connectivity index (χ2n) is 7.09. The number of hydrogen-bond acceptors (Lipinski definition) is 4. The minimum absolute atomic E-state index is 0.107. The van der Waals surface area contributed by atoms with Gasteiger partial charge in [-0.3, -0.25) is 4.79 Å². The molecule has 0 unspecified atom stereocenters. The molecule has 0 aromatic rings. The Morgan fingerprint density at radius 2 is 1.58 bits per heavy atom. The number of rotatable bonds is 18. The molecule has 0 aromatic heterocycles. The fourth-order valence-electron chi connectivity index (χ4n) is 2.90. The van der Waals surface area contributed by atoms with Crippen LogP contribution >= 0.6 is 0 Å². The molecule has 0 aliphatic carbocycles. The first-order valence-electron chi connectivity index (χ1n) is 10.9. The van der Waals surface area contributed by atoms with Crippen molar-refractivity contribution in [1.82, 2.24) is 5.06 Å². The molecule has 0 rings (SSSR count). The van der Waals surface area contributed by atoms with Crippen LogP contribution in [0.5, 0.6) is 0 Å². The lowest BCUT2D eigenvalue weighted by Gasteiger charge is -2.16. The molecule has 0 bridgehead atoms. The van der Waals surface area contributed by atoms with E-state index in [2.05, 4.69) is 19.1 Å². The zero-order valence-corrected chi connectivity index (χ0v) is 17.5. The average Bonchev–Trinajstić information content (AvgIpc) is 2.64. The van der Waals surface area contributed by atoms with Gasteiger partial charge in [-0.05, 0) is 46.0 Å². The molecule has 4 heteroatoms. The number of nitrogens with zero attached hydrogens (tertiary/aromatic N) is 1. The first-order chi connectivity index (χ1) is 12.6. The Kier molecular flexibility index (Phi) is 18.3. The van der Waals surface area contributed by atoms with E-state index in [9.17, 15) is 9.90 Å². The molecule has 154 valence electrons. The summed E-state index contributed by atoms with van der Waals surface area (Å²) in [7, 11) is 0. The number of unbranched alkanes of at least 4 members (excludes halogenated alkanes) is 8. The van der Waals surface area contributed by atoms with Gasteiger partial charge in [0, 0.05) is 19.5 Å². The monoisotopic (exact) mass is 369 g/mol. The smallest absolute Gasteiger partial charge is 0.325 e. The van der Waals surface area contributed by atoms with Gasteiger partial charge >= 0.3 is 5.97 Å². The lowest BCUT2D eigenvalue weighted by atomic mass is 10.1. The second kappa shape index (κ2) is 18.9. The van der Waals surface area contributed by atoms with Crippen molar-refractivity contribution >= 4 is 5.97 Å². The molecule has 0 radical (unpaired) electrons. The van der Waals surface area contributed by atoms with Gasteiger partial charge in [0.25, 0.3) is 0 Å². The van der Waals surface area contributed by atoms with E-state index in [0.29, 0.717) is 6.42 Å². The molecule has 0 aromatic carbocycles. The third-order valence-electron chi connectivity index (χ3n) is 4.65. The predicted octanol–water partition coefficient (Wildman–Crippen LogP) is 5.79. The number of carbonyl (C=O) groups is 1. The molecule has 0 saturated heterocycles. The molecular weight excluding hydrogens is 326 g/mol. The van der Waals surface area contributed by atoms with E-state index in [0.717, 1.165) is 51.6 Å². The lowest BCUT2D eigenvalue weighted by molar-refractivity contribution is -0.188. The van der Waals surface area contributed by atoms with Crippen molar-refractivity contribution in [3.05, 3.63) is 12.2 Å². The Bertz CT molecular complexity index is 340. The maximum atomic E-state index is 11.6. The van der Waals surface area contributed by atoms with Crippen molar-refractivity contribution < 1.29 is 14.7 Å². The number of carbonyl (C=O) groups excluding carboxylic acids is 1. The molecule has 0 fully saturated rings. The Labute approximate surface area is 161 Å². The average molecular weight is 370 g/mol. The summed E-state index contributed by atoms with van der Waals surface area (Å²) < 4.78 is 0. The SMILES string of the molecule is CCCCCC[C@@H](O)C/C=C\CCCCCCCC(=O)ON(CC)CC. The maximum absolute atomic E-state index is 11.6. The molecule has 1 N–H and O–H groups in total. The van der Waals surface area contributed by atoms with Crippen molar-refractivity contribution in [3.63, 3.8) is 0 Å². The standard InChI is InChI=1S/C22H43NO3/c1-4-7-8-15-18-21(24)19-16-13-11-9-10-12-14-17-20-22(25)26-23(5-2)6-3/h13,16,21,24H,4-12,14-15,17-20H2,1-3H3/b16-13-/t21-/m1/s1. The molecule has 0 aliphatic rings. The van der Waals surface area contributed by atoms with Crippen LogP contribution in [-0.2, 0) is 9.63 Å². The van der Waals surface area contributed by atoms with Crippen molar-refractivity contribution in [1.29, 1.82) is 0 Å². The molecule has 0 aliphatic heterocycles. The Morgan fingerprint density at radius 3 is 2.27 bits per heavy atom. The van der Waals surface area contributed by atoms with Crippen LogP contribution in [-0.4, -0.2) is 35.3 Å². The summed E-state index contributed by atoms with van der Waals surface area (Å²) in [6, 6.07) is 0. The topological polar surface area (TPSA) is 49.8 Å². The van der Waals surface area contributed by atoms with E-state index >= 15 is 0 Å². The summed E-state index contributed by atoms with van der Waals surface area (Å²) in [6.07, 6.45) is 18.0. The van der Waals surface area contributed by atoms with Gasteiger partial charge in [0.15, 0.2) is 0 Å². The normalized spacial score (nSPS) is 12.8. The van der Waals surface area contributed by atoms with E-state index in [4.69, 9.17) is 4.84 Å². The summed E-state index contributed by atoms with van der Waals surface area (Å²) in [4.78, 5) is 16.9. The van der Waals surface area contributed by atoms with Gasteiger partial charge in [0.2, 0.25) is 0 Å². The Morgan fingerprint density at radius 1 is 0.923 bits per heavy atom. The summed E-state index contributed by atoms with van der Waals surface area (Å²) in [5.41, 5.74) is 0. The molecule has 1 atom stereocenters. The van der Waals surface area contributed by atoms with Crippen LogP contribution in [0.3, 0.4) is 0 Å². The predicted molar refractivity (Wildman–Crippen MR) is 110 cm³/mol. The van der Waals surface area contributed by atoms with Crippen molar-refractivity contribution in [2.45, 2.75) is 110 Å². The van der Waals surface area contributed by atoms with Crippen molar-refractivity contribution in [2.75, 3.05) is 13.1 Å². The van der Waals surface area contributed by atoms with E-state index < -0.39 is 0 Å². The molecule has 0 heterocycles. The first-order valence-corrected chi connectivity index (χ1v) is 10.9. The highest BCUT2D eigenvalue weighted by Gasteiger charge is 2.07. The Hall–Kier alpha value is -0.870. The van der Waals surface area contributed by atoms with Crippen molar-refractivity contribution in [3.8, 4) is 0 Å². The Balaban J connectivity index is 3.41. The number of allylic oxidation sites excluding steroid dienone is 1. The number of aliphatic hydroxyl groups is 1. The molecule has 26 heavy (non-hydrogen) atoms. The second-order valence-corrected chi connectivity index (χ2v) is 7.09. The quantitative estimate of drug-likeness (QED) is 0.189. The summed E-state index contributed by atoms with van der Waals surface area (Å²) in [5, 5.41) is 11.6. The van der Waals surface area contributed by atoms with E-state index in [1.807, 2.05) is 13.8 Å². The lowest BCUT2D eigenvalue weighted by Crippen LogP contribution is -2.26. The third kappa shape index (κ3) is 16.6. The summed E-state index contributed by atoms with van der Waals surface area (Å²) in [5.74, 6) is -0.107. The van der Waals surface area contributed by atoms with Gasteiger partial charge in [-0.15, -0.1) is 5.06 Å². The zero-order valence-electron chi connectivity index (χ0n) is 17.5. The van der Waals surface area contributed by atoms with Gasteiger partial charge in [-0.1, -0.05) is 64.0 Å². The highest BCUT2D eigenvalue weighted by atomic mass is 16.7. The number of aliphatic hydroxyl groups excluding tert-OH is 1. The van der Waals surface area contributed by atoms with Crippen LogP contribution in [0, 0.1) is 0 Å². The molecule has 4 nitrogen and oxygen atoms in total. The van der Waals surface area contributed by atoms with Crippen LogP contribution in [0.1, 0.15) is 104 Å². The van der Waals surface area contributed by atoms with Gasteiger partial charge < -0.3 is 9.94 Å². The fourth-order valence-corrected chi connectivity index (χ4v) is 2.90. The highest BCUT2D eigenvalue weighted by Crippen LogP contribution is 2.11. The minimum Gasteiger partial charge on any atom is -0.393 e. The molecule has 0 saturated carbocycles. The molecule has 0 amide bonds. The van der Waals surface area contributed by atoms with E-state index in [1.165, 1.54) is 38.5 Å². The van der Waals surface area contributed by atoms with E-state index in [-0.39, 0.29) is 12.1 Å². The van der Waals surface area contributed by atoms with Crippen LogP contribution < -0.4 is 0 Å². The zero-order chi connectivity index (χ0) is 19.5. The summed E-state index contributed by atoms with van der Waals surface area (Å²) >= 11 is 0. The van der Waals surface area contributed by atoms with Crippen LogP contribution in [0.4, 0.5) is 0 Å². The minimum atomic E-state index is -0.167. The van der Waals surface area contributed by atoms with Gasteiger partial charge in [-0.25, -0.2) is 0 Å². The number of hydroxylamine groups is 2. The molecular formula is C22H43NO3. The molecule has 0 spiro atoms. The van der Waals surface area contributed by atoms with Gasteiger partial charge in [0.1, 0.15) is 0 Å². The van der Waals surface area contributed by atoms with Crippen LogP contribution in [0.25, 0.3) is 0 Å². The van der Waals surface area contributed by atoms with Crippen LogP contribution in [0.15, 0.2) is 12.2 Å². The third-order valence-corrected chi connectivity index (χ3v) is 4.65. The van der Waals surface area contributed by atoms with Crippen LogP contribution in [0.2, 0.25) is 0 Å².